The van der Waals surface area contributed by atoms with E-state index >= 15 is 0 Å². The van der Waals surface area contributed by atoms with Gasteiger partial charge in [0.1, 0.15) is 13.2 Å². The lowest BCUT2D eigenvalue weighted by molar-refractivity contribution is -0.139. The van der Waals surface area contributed by atoms with Crippen LogP contribution in [0.25, 0.3) is 0 Å². The van der Waals surface area contributed by atoms with E-state index in [-0.39, 0.29) is 13.2 Å². The van der Waals surface area contributed by atoms with Crippen LogP contribution in [0.5, 0.6) is 0 Å². The number of carbonyl (C=O) groups is 1. The van der Waals surface area contributed by atoms with E-state index in [9.17, 15) is 4.79 Å². The van der Waals surface area contributed by atoms with E-state index in [1.807, 2.05) is 0 Å². The van der Waals surface area contributed by atoms with Crippen LogP contribution < -0.4 is 0 Å². The van der Waals surface area contributed by atoms with Gasteiger partial charge in [0.15, 0.2) is 0 Å². The maximum absolute atomic E-state index is 10.4. The third kappa shape index (κ3) is 6.62. The van der Waals surface area contributed by atoms with Gasteiger partial charge in [-0.2, -0.15) is 0 Å². The minimum Gasteiger partial charge on any atom is -0.460 e. The van der Waals surface area contributed by atoms with Gasteiger partial charge in [-0.1, -0.05) is 12.5 Å². The molecule has 0 aliphatic heterocycles. The number of ether oxygens (including phenoxy) is 2. The van der Waals surface area contributed by atoms with Crippen LogP contribution in [0.1, 0.15) is 0 Å². The lowest BCUT2D eigenvalue weighted by atomic mass is 10.6. The molecule has 0 amide bonds. The van der Waals surface area contributed by atoms with Crippen LogP contribution in [-0.4, -0.2) is 25.8 Å². The molecule has 0 aromatic rings. The summed E-state index contributed by atoms with van der Waals surface area (Å²) in [7, 11) is 0. The summed E-state index contributed by atoms with van der Waals surface area (Å²) in [5.74, 6) is 1.84. The van der Waals surface area contributed by atoms with Crippen LogP contribution in [0.4, 0.5) is 0 Å². The van der Waals surface area contributed by atoms with Gasteiger partial charge in [0.2, 0.25) is 0 Å². The van der Waals surface area contributed by atoms with Crippen molar-refractivity contribution in [1.29, 1.82) is 0 Å². The van der Waals surface area contributed by atoms with E-state index in [1.54, 1.807) is 0 Å². The number of hydrogen-bond donors (Lipinski definition) is 0. The van der Waals surface area contributed by atoms with E-state index in [4.69, 9.17) is 11.2 Å². The Bertz CT molecular complexity index is 167. The van der Waals surface area contributed by atoms with Gasteiger partial charge in [0, 0.05) is 6.08 Å². The molecule has 0 saturated carbocycles. The molecule has 0 saturated heterocycles. The lowest BCUT2D eigenvalue weighted by Gasteiger charge is -2.00. The van der Waals surface area contributed by atoms with Crippen LogP contribution in [0.15, 0.2) is 12.7 Å². The van der Waals surface area contributed by atoms with Crippen molar-refractivity contribution in [2.75, 3.05) is 19.8 Å². The molecule has 11 heavy (non-hydrogen) atoms. The zero-order valence-electron chi connectivity index (χ0n) is 6.21. The number of terminal acetylenes is 1. The number of carbonyl (C=O) groups excluding carboxylic acids is 1. The summed E-state index contributed by atoms with van der Waals surface area (Å²) in [5.41, 5.74) is 0. The topological polar surface area (TPSA) is 35.5 Å². The molecule has 0 aliphatic rings. The number of rotatable bonds is 5. The second-order valence-electron chi connectivity index (χ2n) is 1.63. The third-order valence-corrected chi connectivity index (χ3v) is 0.824. The first-order valence-electron chi connectivity index (χ1n) is 3.11. The number of esters is 1. The van der Waals surface area contributed by atoms with E-state index in [0.717, 1.165) is 6.08 Å². The molecule has 0 fully saturated rings. The fourth-order valence-corrected chi connectivity index (χ4v) is 0.391. The second-order valence-corrected chi connectivity index (χ2v) is 1.63. The van der Waals surface area contributed by atoms with Gasteiger partial charge in [-0.15, -0.1) is 6.42 Å². The monoisotopic (exact) mass is 154 g/mol. The number of hydrogen-bond acceptors (Lipinski definition) is 3. The van der Waals surface area contributed by atoms with Crippen molar-refractivity contribution in [2.45, 2.75) is 0 Å². The van der Waals surface area contributed by atoms with Gasteiger partial charge in [-0.25, -0.2) is 4.79 Å². The largest absolute Gasteiger partial charge is 0.460 e. The maximum atomic E-state index is 10.4. The highest BCUT2D eigenvalue weighted by molar-refractivity contribution is 5.81. The zero-order valence-corrected chi connectivity index (χ0v) is 6.21. The zero-order chi connectivity index (χ0) is 8.53. The standard InChI is InChI=1S/C8H10O3/c1-3-5-10-6-7-11-8(9)4-2/h1,4H,2,5-7H2. The Balaban J connectivity index is 3.09. The summed E-state index contributed by atoms with van der Waals surface area (Å²) in [5, 5.41) is 0. The Kier molecular flexibility index (Phi) is 6.05. The fraction of sp³-hybridized carbons (Fsp3) is 0.375. The van der Waals surface area contributed by atoms with Crippen molar-refractivity contribution in [2.24, 2.45) is 0 Å². The molecule has 0 aromatic heterocycles. The van der Waals surface area contributed by atoms with E-state index < -0.39 is 5.97 Å². The Labute approximate surface area is 66.0 Å². The van der Waals surface area contributed by atoms with Crippen LogP contribution >= 0.6 is 0 Å². The summed E-state index contributed by atoms with van der Waals surface area (Å²) in [6.07, 6.45) is 6.00. The molecular formula is C8H10O3. The molecule has 0 bridgehead atoms. The SMILES string of the molecule is C#CCOCCOC(=O)C=C. The van der Waals surface area contributed by atoms with Crippen molar-refractivity contribution < 1.29 is 14.3 Å². The highest BCUT2D eigenvalue weighted by atomic mass is 16.6. The van der Waals surface area contributed by atoms with Crippen LogP contribution in [0, 0.1) is 12.3 Å². The van der Waals surface area contributed by atoms with Gasteiger partial charge < -0.3 is 9.47 Å². The Morgan fingerprint density at radius 2 is 2.36 bits per heavy atom. The van der Waals surface area contributed by atoms with Crippen LogP contribution in [0.2, 0.25) is 0 Å². The molecule has 0 aliphatic carbocycles. The van der Waals surface area contributed by atoms with E-state index in [2.05, 4.69) is 17.2 Å². The van der Waals surface area contributed by atoms with Gasteiger partial charge >= 0.3 is 5.97 Å². The van der Waals surface area contributed by atoms with Crippen molar-refractivity contribution in [3.8, 4) is 12.3 Å². The summed E-state index contributed by atoms with van der Waals surface area (Å²) >= 11 is 0. The molecular weight excluding hydrogens is 144 g/mol. The van der Waals surface area contributed by atoms with E-state index in [1.165, 1.54) is 0 Å². The Morgan fingerprint density at radius 1 is 1.64 bits per heavy atom. The molecule has 3 nitrogen and oxygen atoms in total. The summed E-state index contributed by atoms with van der Waals surface area (Å²) in [6.45, 7) is 4.01. The first-order valence-corrected chi connectivity index (χ1v) is 3.11. The predicted molar refractivity (Wildman–Crippen MR) is 40.8 cm³/mol. The minimum atomic E-state index is -0.450. The molecule has 3 heteroatoms. The summed E-state index contributed by atoms with van der Waals surface area (Å²) < 4.78 is 9.42. The lowest BCUT2D eigenvalue weighted by Crippen LogP contribution is -2.08. The summed E-state index contributed by atoms with van der Waals surface area (Å²) in [6, 6.07) is 0. The first kappa shape index (κ1) is 9.73. The van der Waals surface area contributed by atoms with Crippen molar-refractivity contribution in [3.05, 3.63) is 12.7 Å². The third-order valence-electron chi connectivity index (χ3n) is 0.824. The second kappa shape index (κ2) is 6.84. The Morgan fingerprint density at radius 3 is 2.91 bits per heavy atom. The van der Waals surface area contributed by atoms with Crippen molar-refractivity contribution in [1.82, 2.24) is 0 Å². The van der Waals surface area contributed by atoms with Crippen LogP contribution in [-0.2, 0) is 14.3 Å². The van der Waals surface area contributed by atoms with Gasteiger partial charge in [-0.3, -0.25) is 0 Å². The predicted octanol–water partition coefficient (Wildman–Crippen LogP) is 0.365. The quantitative estimate of drug-likeness (QED) is 0.248. The normalized spacial score (nSPS) is 8.27. The highest BCUT2D eigenvalue weighted by Gasteiger charge is 1.92. The van der Waals surface area contributed by atoms with E-state index in [0.29, 0.717) is 6.61 Å². The molecule has 0 aromatic carbocycles. The molecule has 0 N–H and O–H groups in total. The average molecular weight is 154 g/mol. The van der Waals surface area contributed by atoms with Gasteiger partial charge in [0.05, 0.1) is 6.61 Å². The molecule has 0 radical (unpaired) electrons. The molecule has 60 valence electrons. The van der Waals surface area contributed by atoms with Gasteiger partial charge in [-0.05, 0) is 0 Å². The smallest absolute Gasteiger partial charge is 0.330 e. The van der Waals surface area contributed by atoms with Gasteiger partial charge in [0.25, 0.3) is 0 Å². The first-order chi connectivity index (χ1) is 5.31. The average Bonchev–Trinajstić information content (AvgIpc) is 2.04. The molecule has 0 spiro atoms. The summed E-state index contributed by atoms with van der Waals surface area (Å²) in [4.78, 5) is 10.4. The van der Waals surface area contributed by atoms with Crippen LogP contribution in [0.3, 0.4) is 0 Å². The van der Waals surface area contributed by atoms with Crippen molar-refractivity contribution >= 4 is 5.97 Å². The molecule has 0 unspecified atom stereocenters. The molecule has 0 heterocycles. The fourth-order valence-electron chi connectivity index (χ4n) is 0.391. The Hall–Kier alpha value is -1.27. The molecule has 0 atom stereocenters. The minimum absolute atomic E-state index is 0.215. The van der Waals surface area contributed by atoms with Crippen molar-refractivity contribution in [3.63, 3.8) is 0 Å². The highest BCUT2D eigenvalue weighted by Crippen LogP contribution is 1.80. The molecule has 0 rings (SSSR count). The maximum Gasteiger partial charge on any atom is 0.330 e.